The number of furan rings is 1. The van der Waals surface area contributed by atoms with Crippen LogP contribution in [0.4, 0.5) is 0 Å². The van der Waals surface area contributed by atoms with Crippen LogP contribution in [0.5, 0.6) is 11.6 Å². The summed E-state index contributed by atoms with van der Waals surface area (Å²) in [6.07, 6.45) is 5.44. The zero-order chi connectivity index (χ0) is 22.3. The minimum Gasteiger partial charge on any atom is -0.469 e. The fourth-order valence-electron chi connectivity index (χ4n) is 2.94. The van der Waals surface area contributed by atoms with Gasteiger partial charge in [-0.25, -0.2) is 9.97 Å². The number of rotatable bonds is 8. The van der Waals surface area contributed by atoms with Crippen molar-refractivity contribution in [3.63, 3.8) is 0 Å². The van der Waals surface area contributed by atoms with Gasteiger partial charge in [-0.15, -0.1) is 0 Å². The Kier molecular flexibility index (Phi) is 7.09. The molecule has 0 aliphatic carbocycles. The summed E-state index contributed by atoms with van der Waals surface area (Å²) < 4.78 is 11.3. The molecule has 4 rings (SSSR count). The first kappa shape index (κ1) is 21.9. The first-order valence-electron chi connectivity index (χ1n) is 9.92. The molecule has 2 aromatic heterocycles. The van der Waals surface area contributed by atoms with Crippen LogP contribution < -0.4 is 10.1 Å². The van der Waals surface area contributed by atoms with Crippen molar-refractivity contribution in [1.82, 2.24) is 15.3 Å². The van der Waals surface area contributed by atoms with E-state index in [1.54, 1.807) is 42.9 Å². The number of hydrogen-bond donors (Lipinski definition) is 1. The minimum atomic E-state index is -0.158. The number of hydrogen-bond acceptors (Lipinski definition) is 6. The lowest BCUT2D eigenvalue weighted by Gasteiger charge is -2.13. The third-order valence-corrected chi connectivity index (χ3v) is 5.69. The van der Waals surface area contributed by atoms with Crippen molar-refractivity contribution in [2.24, 2.45) is 0 Å². The average Bonchev–Trinajstić information content (AvgIpc) is 3.30. The van der Waals surface area contributed by atoms with Crippen LogP contribution in [0.2, 0.25) is 5.02 Å². The number of halogens is 1. The monoisotopic (exact) mass is 465 g/mol. The van der Waals surface area contributed by atoms with Gasteiger partial charge in [-0.2, -0.15) is 0 Å². The molecule has 32 heavy (non-hydrogen) atoms. The van der Waals surface area contributed by atoms with Crippen LogP contribution in [0.3, 0.4) is 0 Å². The first-order valence-corrected chi connectivity index (χ1v) is 11.1. The Morgan fingerprint density at radius 1 is 1.09 bits per heavy atom. The second kappa shape index (κ2) is 10.3. The number of nitrogens with one attached hydrogen (secondary N) is 1. The maximum absolute atomic E-state index is 12.5. The summed E-state index contributed by atoms with van der Waals surface area (Å²) in [4.78, 5) is 22.2. The number of nitrogens with zero attached hydrogens (tertiary/aromatic N) is 2. The van der Waals surface area contributed by atoms with Gasteiger partial charge in [0.1, 0.15) is 11.5 Å². The van der Waals surface area contributed by atoms with Gasteiger partial charge in [-0.3, -0.25) is 4.79 Å². The Hall–Kier alpha value is -3.29. The van der Waals surface area contributed by atoms with Gasteiger partial charge in [0.2, 0.25) is 0 Å². The van der Waals surface area contributed by atoms with Crippen LogP contribution in [0.25, 0.3) is 0 Å². The normalized spacial score (nSPS) is 11.7. The zero-order valence-corrected chi connectivity index (χ0v) is 18.8. The molecule has 0 bridgehead atoms. The van der Waals surface area contributed by atoms with Crippen molar-refractivity contribution in [2.45, 2.75) is 29.3 Å². The Balaban J connectivity index is 1.39. The molecule has 0 aliphatic heterocycles. The van der Waals surface area contributed by atoms with Gasteiger partial charge in [0.05, 0.1) is 6.26 Å². The molecule has 0 aliphatic rings. The first-order chi connectivity index (χ1) is 15.6. The SMILES string of the molecule is CC(Cc1ccco1)NC(=O)c1ccc(Oc2nccnc2Sc2ccc(Cl)cc2)cc1. The van der Waals surface area contributed by atoms with E-state index in [2.05, 4.69) is 15.3 Å². The molecular weight excluding hydrogens is 446 g/mol. The van der Waals surface area contributed by atoms with Crippen LogP contribution in [-0.4, -0.2) is 21.9 Å². The highest BCUT2D eigenvalue weighted by molar-refractivity contribution is 7.99. The highest BCUT2D eigenvalue weighted by Gasteiger charge is 2.13. The van der Waals surface area contributed by atoms with E-state index in [0.29, 0.717) is 33.7 Å². The molecular formula is C24H20ClN3O3S. The molecule has 0 saturated carbocycles. The zero-order valence-electron chi connectivity index (χ0n) is 17.2. The lowest BCUT2D eigenvalue weighted by atomic mass is 10.1. The predicted octanol–water partition coefficient (Wildman–Crippen LogP) is 6.03. The number of carbonyl (C=O) groups is 1. The van der Waals surface area contributed by atoms with E-state index in [1.165, 1.54) is 11.8 Å². The molecule has 1 amide bonds. The minimum absolute atomic E-state index is 0.0587. The fourth-order valence-corrected chi connectivity index (χ4v) is 3.86. The molecule has 1 atom stereocenters. The van der Waals surface area contributed by atoms with E-state index in [0.717, 1.165) is 10.7 Å². The number of ether oxygens (including phenoxy) is 1. The van der Waals surface area contributed by atoms with Gasteiger partial charge < -0.3 is 14.5 Å². The van der Waals surface area contributed by atoms with Gasteiger partial charge in [-0.05, 0) is 67.6 Å². The number of benzene rings is 2. The van der Waals surface area contributed by atoms with Gasteiger partial charge >= 0.3 is 0 Å². The van der Waals surface area contributed by atoms with Crippen LogP contribution in [0, 0.1) is 0 Å². The van der Waals surface area contributed by atoms with E-state index in [4.69, 9.17) is 20.8 Å². The molecule has 0 radical (unpaired) electrons. The molecule has 6 nitrogen and oxygen atoms in total. The van der Waals surface area contributed by atoms with Crippen LogP contribution in [-0.2, 0) is 6.42 Å². The second-order valence-electron chi connectivity index (χ2n) is 7.01. The van der Waals surface area contributed by atoms with Gasteiger partial charge in [-0.1, -0.05) is 23.4 Å². The molecule has 4 aromatic rings. The lowest BCUT2D eigenvalue weighted by molar-refractivity contribution is 0.0939. The number of carbonyl (C=O) groups excluding carboxylic acids is 1. The Bertz CT molecular complexity index is 1170. The summed E-state index contributed by atoms with van der Waals surface area (Å²) in [5.41, 5.74) is 0.540. The molecule has 0 spiro atoms. The number of aromatic nitrogens is 2. The van der Waals surface area contributed by atoms with Crippen molar-refractivity contribution in [2.75, 3.05) is 0 Å². The maximum atomic E-state index is 12.5. The third-order valence-electron chi connectivity index (χ3n) is 4.46. The summed E-state index contributed by atoms with van der Waals surface area (Å²) in [6.45, 7) is 1.94. The molecule has 1 unspecified atom stereocenters. The Morgan fingerprint density at radius 2 is 1.84 bits per heavy atom. The van der Waals surface area contributed by atoms with Crippen molar-refractivity contribution in [3.05, 3.63) is 95.7 Å². The molecule has 2 aromatic carbocycles. The second-order valence-corrected chi connectivity index (χ2v) is 8.51. The van der Waals surface area contributed by atoms with Crippen molar-refractivity contribution in [3.8, 4) is 11.6 Å². The third kappa shape index (κ3) is 5.90. The summed E-state index contributed by atoms with van der Waals surface area (Å²) in [7, 11) is 0. The van der Waals surface area contributed by atoms with E-state index in [1.807, 2.05) is 43.3 Å². The van der Waals surface area contributed by atoms with Crippen LogP contribution in [0.15, 0.2) is 93.7 Å². The van der Waals surface area contributed by atoms with Gasteiger partial charge in [0, 0.05) is 40.3 Å². The lowest BCUT2D eigenvalue weighted by Crippen LogP contribution is -2.33. The summed E-state index contributed by atoms with van der Waals surface area (Å²) in [5.74, 6) is 1.62. The summed E-state index contributed by atoms with van der Waals surface area (Å²) in [5, 5.41) is 4.27. The maximum Gasteiger partial charge on any atom is 0.252 e. The van der Waals surface area contributed by atoms with Crippen molar-refractivity contribution in [1.29, 1.82) is 0 Å². The Morgan fingerprint density at radius 3 is 2.56 bits per heavy atom. The molecule has 8 heteroatoms. The largest absolute Gasteiger partial charge is 0.469 e. The van der Waals surface area contributed by atoms with E-state index in [-0.39, 0.29) is 11.9 Å². The molecule has 2 heterocycles. The van der Waals surface area contributed by atoms with Crippen molar-refractivity contribution < 1.29 is 13.9 Å². The average molecular weight is 466 g/mol. The van der Waals surface area contributed by atoms with E-state index < -0.39 is 0 Å². The van der Waals surface area contributed by atoms with Gasteiger partial charge in [0.15, 0.2) is 5.03 Å². The van der Waals surface area contributed by atoms with Crippen LogP contribution in [0.1, 0.15) is 23.0 Å². The van der Waals surface area contributed by atoms with E-state index in [9.17, 15) is 4.79 Å². The van der Waals surface area contributed by atoms with Crippen LogP contribution >= 0.6 is 23.4 Å². The fraction of sp³-hybridized carbons (Fsp3) is 0.125. The standard InChI is InChI=1S/C24H20ClN3O3S/c1-16(15-20-3-2-14-30-20)28-22(29)17-4-8-19(9-5-17)31-23-24(27-13-12-26-23)32-21-10-6-18(25)7-11-21/h2-14,16H,15H2,1H3,(H,28,29). The summed E-state index contributed by atoms with van der Waals surface area (Å²) in [6, 6.07) is 18.0. The highest BCUT2D eigenvalue weighted by Crippen LogP contribution is 2.34. The van der Waals surface area contributed by atoms with Crippen molar-refractivity contribution >= 4 is 29.3 Å². The molecule has 1 N–H and O–H groups in total. The highest BCUT2D eigenvalue weighted by atomic mass is 35.5. The van der Waals surface area contributed by atoms with E-state index >= 15 is 0 Å². The topological polar surface area (TPSA) is 77.2 Å². The molecule has 0 fully saturated rings. The number of amides is 1. The summed E-state index contributed by atoms with van der Waals surface area (Å²) >= 11 is 7.38. The smallest absolute Gasteiger partial charge is 0.252 e. The quantitative estimate of drug-likeness (QED) is 0.342. The predicted molar refractivity (Wildman–Crippen MR) is 123 cm³/mol. The molecule has 0 saturated heterocycles. The molecule has 162 valence electrons. The Labute approximate surface area is 195 Å². The van der Waals surface area contributed by atoms with Gasteiger partial charge in [0.25, 0.3) is 11.8 Å².